The third-order valence-corrected chi connectivity index (χ3v) is 4.61. The van der Waals surface area contributed by atoms with Gasteiger partial charge in [-0.1, -0.05) is 12.2 Å². The molecule has 0 aromatic carbocycles. The number of nitrogens with one attached hydrogen (secondary N) is 2. The number of fused-ring (bicyclic) bond motifs is 2. The minimum atomic E-state index is 0.476. The molecule has 1 saturated carbocycles. The van der Waals surface area contributed by atoms with Crippen molar-refractivity contribution >= 4 is 34.9 Å². The van der Waals surface area contributed by atoms with Crippen molar-refractivity contribution < 1.29 is 0 Å². The summed E-state index contributed by atoms with van der Waals surface area (Å²) in [4.78, 5) is 4.19. The highest BCUT2D eigenvalue weighted by Gasteiger charge is 2.35. The van der Waals surface area contributed by atoms with E-state index in [0.29, 0.717) is 17.1 Å². The van der Waals surface area contributed by atoms with Gasteiger partial charge in [0.15, 0.2) is 5.11 Å². The fourth-order valence-electron chi connectivity index (χ4n) is 2.73. The molecular weight excluding hydrogens is 276 g/mol. The molecule has 19 heavy (non-hydrogen) atoms. The Morgan fingerprint density at radius 1 is 1.53 bits per heavy atom. The van der Waals surface area contributed by atoms with E-state index < -0.39 is 0 Å². The van der Waals surface area contributed by atoms with Crippen molar-refractivity contribution in [2.75, 3.05) is 0 Å². The normalized spacial score (nSPS) is 28.1. The van der Waals surface area contributed by atoms with Crippen LogP contribution in [0.25, 0.3) is 0 Å². The van der Waals surface area contributed by atoms with Crippen LogP contribution in [0.3, 0.4) is 0 Å². The Balaban J connectivity index is 1.39. The number of hydrazone groups is 1. The summed E-state index contributed by atoms with van der Waals surface area (Å²) in [7, 11) is 0. The molecule has 1 aromatic rings. The highest BCUT2D eigenvalue weighted by Crippen LogP contribution is 2.38. The molecule has 0 radical (unpaired) electrons. The van der Waals surface area contributed by atoms with Gasteiger partial charge in [-0.3, -0.25) is 5.43 Å². The molecule has 2 N–H and O–H groups in total. The molecule has 2 aliphatic carbocycles. The van der Waals surface area contributed by atoms with E-state index in [4.69, 9.17) is 12.2 Å². The number of thiocarbonyl (C=S) groups is 1. The van der Waals surface area contributed by atoms with E-state index in [9.17, 15) is 0 Å². The predicted octanol–water partition coefficient (Wildman–Crippen LogP) is 2.10. The van der Waals surface area contributed by atoms with Crippen LogP contribution in [0.15, 0.2) is 28.8 Å². The van der Waals surface area contributed by atoms with Gasteiger partial charge < -0.3 is 5.32 Å². The summed E-state index contributed by atoms with van der Waals surface area (Å²) in [5.41, 5.74) is 2.87. The second-order valence-electron chi connectivity index (χ2n) is 4.91. The summed E-state index contributed by atoms with van der Waals surface area (Å²) in [6, 6.07) is 0.476. The molecule has 100 valence electrons. The summed E-state index contributed by atoms with van der Waals surface area (Å²) >= 11 is 6.88. The van der Waals surface area contributed by atoms with Gasteiger partial charge in [-0.2, -0.15) is 5.10 Å². The number of rotatable bonds is 4. The molecular formula is C13H16N4S2. The monoisotopic (exact) mass is 292 g/mol. The van der Waals surface area contributed by atoms with Crippen molar-refractivity contribution in [3.8, 4) is 0 Å². The predicted molar refractivity (Wildman–Crippen MR) is 82.3 cm³/mol. The lowest BCUT2D eigenvalue weighted by Gasteiger charge is -2.20. The van der Waals surface area contributed by atoms with Gasteiger partial charge in [0, 0.05) is 30.3 Å². The maximum atomic E-state index is 5.25. The molecule has 2 aliphatic rings. The number of thiazole rings is 1. The van der Waals surface area contributed by atoms with Crippen LogP contribution in [-0.4, -0.2) is 22.4 Å². The highest BCUT2D eigenvalue weighted by molar-refractivity contribution is 7.80. The van der Waals surface area contributed by atoms with E-state index >= 15 is 0 Å². The van der Waals surface area contributed by atoms with E-state index in [0.717, 1.165) is 17.3 Å². The molecule has 4 nitrogen and oxygen atoms in total. The Morgan fingerprint density at radius 2 is 2.47 bits per heavy atom. The smallest absolute Gasteiger partial charge is 0.187 e. The lowest BCUT2D eigenvalue weighted by atomic mass is 10.0. The Labute approximate surface area is 122 Å². The lowest BCUT2D eigenvalue weighted by molar-refractivity contribution is 0.521. The molecule has 0 aliphatic heterocycles. The van der Waals surface area contributed by atoms with Gasteiger partial charge in [0.2, 0.25) is 0 Å². The first-order valence-corrected chi connectivity index (χ1v) is 7.75. The summed E-state index contributed by atoms with van der Waals surface area (Å²) < 4.78 is 0. The van der Waals surface area contributed by atoms with E-state index in [1.165, 1.54) is 12.8 Å². The zero-order valence-electron chi connectivity index (χ0n) is 10.5. The number of nitrogens with zero attached hydrogens (tertiary/aromatic N) is 2. The van der Waals surface area contributed by atoms with Crippen molar-refractivity contribution in [1.29, 1.82) is 0 Å². The minimum Gasteiger partial charge on any atom is -0.358 e. The first kappa shape index (κ1) is 12.7. The Hall–Kier alpha value is -1.27. The largest absolute Gasteiger partial charge is 0.358 e. The van der Waals surface area contributed by atoms with Gasteiger partial charge >= 0.3 is 0 Å². The molecule has 0 spiro atoms. The standard InChI is InChI=1S/C13H16N4S2/c18-13(16-11-8-9-1-2-10(11)7-9)17-15-4-3-12-14-5-6-19-12/h1-2,4-6,9-11H,3,7-8H2,(H2,16,17,18)/b15-4+. The zero-order chi connectivity index (χ0) is 13.1. The highest BCUT2D eigenvalue weighted by atomic mass is 32.1. The topological polar surface area (TPSA) is 49.3 Å². The average Bonchev–Trinajstić information content (AvgIpc) is 3.11. The van der Waals surface area contributed by atoms with Gasteiger partial charge in [0.05, 0.1) is 5.01 Å². The quantitative estimate of drug-likeness (QED) is 0.386. The van der Waals surface area contributed by atoms with Gasteiger partial charge in [0.25, 0.3) is 0 Å². The maximum absolute atomic E-state index is 5.25. The van der Waals surface area contributed by atoms with Crippen molar-refractivity contribution in [3.63, 3.8) is 0 Å². The van der Waals surface area contributed by atoms with Crippen LogP contribution in [0.4, 0.5) is 0 Å². The lowest BCUT2D eigenvalue weighted by Crippen LogP contribution is -2.42. The number of aromatic nitrogens is 1. The molecule has 2 bridgehead atoms. The van der Waals surface area contributed by atoms with Crippen LogP contribution in [0, 0.1) is 11.8 Å². The van der Waals surface area contributed by atoms with Gasteiger partial charge in [-0.25, -0.2) is 4.98 Å². The van der Waals surface area contributed by atoms with E-state index in [1.54, 1.807) is 23.7 Å². The van der Waals surface area contributed by atoms with Crippen molar-refractivity contribution in [1.82, 2.24) is 15.7 Å². The van der Waals surface area contributed by atoms with Crippen LogP contribution >= 0.6 is 23.6 Å². The Morgan fingerprint density at radius 3 is 3.16 bits per heavy atom. The van der Waals surface area contributed by atoms with Crippen LogP contribution in [0.1, 0.15) is 17.8 Å². The second kappa shape index (κ2) is 5.79. The number of allylic oxidation sites excluding steroid dienone is 1. The Bertz CT molecular complexity index is 495. The minimum absolute atomic E-state index is 0.476. The third-order valence-electron chi connectivity index (χ3n) is 3.60. The van der Waals surface area contributed by atoms with Crippen molar-refractivity contribution in [3.05, 3.63) is 28.7 Å². The number of hydrogen-bond acceptors (Lipinski definition) is 4. The zero-order valence-corrected chi connectivity index (χ0v) is 12.1. The molecule has 1 aromatic heterocycles. The molecule has 0 amide bonds. The summed E-state index contributed by atoms with van der Waals surface area (Å²) in [6.07, 6.45) is 11.4. The summed E-state index contributed by atoms with van der Waals surface area (Å²) in [5.74, 6) is 1.39. The molecule has 0 saturated heterocycles. The molecule has 3 rings (SSSR count). The average molecular weight is 292 g/mol. The SMILES string of the molecule is S=C(N/N=C/Cc1nccs1)NC1CC2C=CC1C2. The molecule has 3 unspecified atom stereocenters. The van der Waals surface area contributed by atoms with Crippen LogP contribution in [0.5, 0.6) is 0 Å². The first-order chi connectivity index (χ1) is 9.31. The van der Waals surface area contributed by atoms with Crippen LogP contribution in [-0.2, 0) is 6.42 Å². The van der Waals surface area contributed by atoms with Gasteiger partial charge in [-0.05, 0) is 36.9 Å². The summed E-state index contributed by atoms with van der Waals surface area (Å²) in [5, 5.41) is 11.1. The molecule has 1 fully saturated rings. The van der Waals surface area contributed by atoms with Crippen LogP contribution < -0.4 is 10.7 Å². The maximum Gasteiger partial charge on any atom is 0.187 e. The van der Waals surface area contributed by atoms with E-state index in [2.05, 4.69) is 33.0 Å². The van der Waals surface area contributed by atoms with E-state index in [1.807, 2.05) is 5.38 Å². The molecule has 3 atom stereocenters. The van der Waals surface area contributed by atoms with Crippen molar-refractivity contribution in [2.24, 2.45) is 16.9 Å². The first-order valence-electron chi connectivity index (χ1n) is 6.46. The fraction of sp³-hybridized carbons (Fsp3) is 0.462. The fourth-order valence-corrected chi connectivity index (χ4v) is 3.50. The van der Waals surface area contributed by atoms with Crippen LogP contribution in [0.2, 0.25) is 0 Å². The van der Waals surface area contributed by atoms with Gasteiger partial charge in [-0.15, -0.1) is 11.3 Å². The molecule has 1 heterocycles. The Kier molecular flexibility index (Phi) is 3.89. The van der Waals surface area contributed by atoms with Crippen molar-refractivity contribution in [2.45, 2.75) is 25.3 Å². The second-order valence-corrected chi connectivity index (χ2v) is 6.30. The molecule has 6 heteroatoms. The summed E-state index contributed by atoms with van der Waals surface area (Å²) in [6.45, 7) is 0. The third kappa shape index (κ3) is 3.19. The van der Waals surface area contributed by atoms with Gasteiger partial charge in [0.1, 0.15) is 0 Å². The number of hydrogen-bond donors (Lipinski definition) is 2. The van der Waals surface area contributed by atoms with E-state index in [-0.39, 0.29) is 0 Å².